The third kappa shape index (κ3) is 3.22. The lowest BCUT2D eigenvalue weighted by Crippen LogP contribution is -2.42. The Morgan fingerprint density at radius 1 is 1.47 bits per heavy atom. The van der Waals surface area contributed by atoms with Gasteiger partial charge in [-0.25, -0.2) is 9.78 Å². The maximum atomic E-state index is 12.3. The molecule has 0 radical (unpaired) electrons. The first-order valence-corrected chi connectivity index (χ1v) is 6.23. The van der Waals surface area contributed by atoms with E-state index in [9.17, 15) is 22.8 Å². The van der Waals surface area contributed by atoms with E-state index in [0.29, 0.717) is 24.2 Å². The van der Waals surface area contributed by atoms with Crippen LogP contribution in [-0.4, -0.2) is 28.0 Å². The number of halogens is 3. The van der Waals surface area contributed by atoms with Crippen molar-refractivity contribution in [2.75, 3.05) is 0 Å². The topological polar surface area (TPSA) is 79.3 Å². The number of alkyl halides is 3. The van der Waals surface area contributed by atoms with Crippen molar-refractivity contribution >= 4 is 23.2 Å². The zero-order valence-electron chi connectivity index (χ0n) is 9.40. The molecule has 1 saturated carbocycles. The van der Waals surface area contributed by atoms with Crippen LogP contribution in [0, 0.1) is 5.92 Å². The predicted octanol–water partition coefficient (Wildman–Crippen LogP) is 1.75. The summed E-state index contributed by atoms with van der Waals surface area (Å²) < 4.78 is 36.9. The van der Waals surface area contributed by atoms with Crippen LogP contribution in [0.25, 0.3) is 0 Å². The lowest BCUT2D eigenvalue weighted by molar-refractivity contribution is -0.140. The van der Waals surface area contributed by atoms with Gasteiger partial charge in [0, 0.05) is 5.38 Å². The molecule has 1 aromatic rings. The van der Waals surface area contributed by atoms with Gasteiger partial charge in [0.1, 0.15) is 11.7 Å². The van der Waals surface area contributed by atoms with E-state index in [2.05, 4.69) is 10.3 Å². The second-order valence-electron chi connectivity index (χ2n) is 4.16. The summed E-state index contributed by atoms with van der Waals surface area (Å²) in [5.74, 6) is -2.24. The smallest absolute Gasteiger partial charge is 0.443 e. The Hall–Kier alpha value is -1.64. The number of amides is 1. The van der Waals surface area contributed by atoms with Gasteiger partial charge in [0.25, 0.3) is 5.91 Å². The summed E-state index contributed by atoms with van der Waals surface area (Å²) in [6.45, 7) is 0. The van der Waals surface area contributed by atoms with E-state index in [0.717, 1.165) is 5.38 Å². The van der Waals surface area contributed by atoms with E-state index in [-0.39, 0.29) is 5.92 Å². The Labute approximate surface area is 109 Å². The highest BCUT2D eigenvalue weighted by molar-refractivity contribution is 7.09. The van der Waals surface area contributed by atoms with E-state index in [1.54, 1.807) is 0 Å². The lowest BCUT2D eigenvalue weighted by atomic mass is 10.2. The molecule has 2 rings (SSSR count). The number of carbonyl (C=O) groups excluding carboxylic acids is 1. The van der Waals surface area contributed by atoms with Crippen molar-refractivity contribution < 1.29 is 27.9 Å². The number of carboxylic acids is 1. The molecule has 1 fully saturated rings. The van der Waals surface area contributed by atoms with Crippen molar-refractivity contribution in [2.45, 2.75) is 25.1 Å². The van der Waals surface area contributed by atoms with Crippen LogP contribution >= 0.6 is 11.3 Å². The number of aliphatic carboxylic acids is 1. The van der Waals surface area contributed by atoms with Crippen LogP contribution in [0.4, 0.5) is 13.2 Å². The van der Waals surface area contributed by atoms with E-state index < -0.39 is 34.8 Å². The Morgan fingerprint density at radius 2 is 2.11 bits per heavy atom. The van der Waals surface area contributed by atoms with Gasteiger partial charge in [-0.2, -0.15) is 13.2 Å². The number of hydrogen-bond acceptors (Lipinski definition) is 4. The average Bonchev–Trinajstić information content (AvgIpc) is 2.98. The van der Waals surface area contributed by atoms with Gasteiger partial charge in [-0.1, -0.05) is 0 Å². The maximum Gasteiger partial charge on any atom is 0.443 e. The predicted molar refractivity (Wildman–Crippen MR) is 58.7 cm³/mol. The van der Waals surface area contributed by atoms with Crippen molar-refractivity contribution in [1.82, 2.24) is 10.3 Å². The van der Waals surface area contributed by atoms with E-state index in [1.807, 2.05) is 0 Å². The summed E-state index contributed by atoms with van der Waals surface area (Å²) in [5.41, 5.74) is -0.413. The van der Waals surface area contributed by atoms with Gasteiger partial charge in [0.15, 0.2) is 5.01 Å². The van der Waals surface area contributed by atoms with Gasteiger partial charge >= 0.3 is 12.1 Å². The molecule has 1 aliphatic carbocycles. The fraction of sp³-hybridized carbons (Fsp3) is 0.500. The third-order valence-corrected chi connectivity index (χ3v) is 3.51. The zero-order chi connectivity index (χ0) is 14.2. The van der Waals surface area contributed by atoms with Gasteiger partial charge in [0.2, 0.25) is 0 Å². The SMILES string of the molecule is O=C(NC(C(=O)O)C1CC1)c1csc(C(F)(F)F)n1. The Morgan fingerprint density at radius 3 is 2.53 bits per heavy atom. The summed E-state index contributed by atoms with van der Waals surface area (Å²) in [5, 5.41) is 10.9. The molecule has 1 atom stereocenters. The Bertz CT molecular complexity index is 510. The molecule has 0 saturated heterocycles. The number of carbonyl (C=O) groups is 2. The summed E-state index contributed by atoms with van der Waals surface area (Å²) in [4.78, 5) is 25.7. The van der Waals surface area contributed by atoms with Crippen LogP contribution in [0.1, 0.15) is 28.3 Å². The van der Waals surface area contributed by atoms with Crippen LogP contribution in [0.5, 0.6) is 0 Å². The Balaban J connectivity index is 2.07. The minimum absolute atomic E-state index is 0.151. The summed E-state index contributed by atoms with van der Waals surface area (Å²) in [6.07, 6.45) is -3.24. The van der Waals surface area contributed by atoms with Crippen LogP contribution < -0.4 is 5.32 Å². The van der Waals surface area contributed by atoms with Crippen LogP contribution in [0.2, 0.25) is 0 Å². The van der Waals surface area contributed by atoms with Gasteiger partial charge in [-0.3, -0.25) is 4.79 Å². The van der Waals surface area contributed by atoms with Crippen molar-refractivity contribution in [3.05, 3.63) is 16.1 Å². The molecule has 0 aliphatic heterocycles. The molecule has 2 N–H and O–H groups in total. The summed E-state index contributed by atoms with van der Waals surface area (Å²) in [6, 6.07) is -1.07. The molecule has 9 heteroatoms. The highest BCUT2D eigenvalue weighted by Crippen LogP contribution is 2.33. The minimum Gasteiger partial charge on any atom is -0.480 e. The fourth-order valence-electron chi connectivity index (χ4n) is 1.53. The number of aromatic nitrogens is 1. The molecule has 104 valence electrons. The molecular weight excluding hydrogens is 285 g/mol. The van der Waals surface area contributed by atoms with Crippen molar-refractivity contribution in [2.24, 2.45) is 5.92 Å². The number of hydrogen-bond donors (Lipinski definition) is 2. The second kappa shape index (κ2) is 4.80. The van der Waals surface area contributed by atoms with Gasteiger partial charge in [-0.15, -0.1) is 11.3 Å². The molecule has 1 aromatic heterocycles. The van der Waals surface area contributed by atoms with Crippen molar-refractivity contribution in [3.8, 4) is 0 Å². The highest BCUT2D eigenvalue weighted by Gasteiger charge is 2.39. The number of rotatable bonds is 4. The van der Waals surface area contributed by atoms with Crippen LogP contribution in [0.3, 0.4) is 0 Å². The average molecular weight is 294 g/mol. The first-order chi connectivity index (χ1) is 8.79. The minimum atomic E-state index is -4.61. The second-order valence-corrected chi connectivity index (χ2v) is 5.02. The largest absolute Gasteiger partial charge is 0.480 e. The molecular formula is C10H9F3N2O3S. The fourth-order valence-corrected chi connectivity index (χ4v) is 2.20. The molecule has 0 bridgehead atoms. The monoisotopic (exact) mass is 294 g/mol. The van der Waals surface area contributed by atoms with Gasteiger partial charge in [-0.05, 0) is 18.8 Å². The molecule has 0 spiro atoms. The molecule has 1 unspecified atom stereocenters. The first kappa shape index (κ1) is 13.8. The van der Waals surface area contributed by atoms with Crippen molar-refractivity contribution in [3.63, 3.8) is 0 Å². The quantitative estimate of drug-likeness (QED) is 0.886. The van der Waals surface area contributed by atoms with Gasteiger partial charge in [0.05, 0.1) is 0 Å². The molecule has 1 amide bonds. The lowest BCUT2D eigenvalue weighted by Gasteiger charge is -2.12. The molecule has 5 nitrogen and oxygen atoms in total. The first-order valence-electron chi connectivity index (χ1n) is 5.35. The highest BCUT2D eigenvalue weighted by atomic mass is 32.1. The van der Waals surface area contributed by atoms with Crippen LogP contribution in [-0.2, 0) is 11.0 Å². The molecule has 0 aromatic carbocycles. The van der Waals surface area contributed by atoms with Crippen molar-refractivity contribution in [1.29, 1.82) is 0 Å². The molecule has 1 heterocycles. The molecule has 1 aliphatic rings. The standard InChI is InChI=1S/C10H9F3N2O3S/c11-10(12,13)9-14-5(3-19-9)7(16)15-6(8(17)18)4-1-2-4/h3-4,6H,1-2H2,(H,15,16)(H,17,18). The van der Waals surface area contributed by atoms with Crippen LogP contribution in [0.15, 0.2) is 5.38 Å². The van der Waals surface area contributed by atoms with E-state index in [1.165, 1.54) is 0 Å². The maximum absolute atomic E-state index is 12.3. The normalized spacial score (nSPS) is 17.0. The summed E-state index contributed by atoms with van der Waals surface area (Å²) >= 11 is 0.300. The number of carboxylic acid groups (broad SMARTS) is 1. The molecule has 19 heavy (non-hydrogen) atoms. The number of thiazole rings is 1. The summed E-state index contributed by atoms with van der Waals surface area (Å²) in [7, 11) is 0. The third-order valence-electron chi connectivity index (χ3n) is 2.63. The van der Waals surface area contributed by atoms with E-state index >= 15 is 0 Å². The number of nitrogens with one attached hydrogen (secondary N) is 1. The number of nitrogens with zero attached hydrogens (tertiary/aromatic N) is 1. The Kier molecular flexibility index (Phi) is 3.48. The van der Waals surface area contributed by atoms with Gasteiger partial charge < -0.3 is 10.4 Å². The zero-order valence-corrected chi connectivity index (χ0v) is 10.2. The van der Waals surface area contributed by atoms with E-state index in [4.69, 9.17) is 5.11 Å².